The number of carbonyl (C=O) groups excluding carboxylic acids is 2. The van der Waals surface area contributed by atoms with Gasteiger partial charge in [0.2, 0.25) is 0 Å². The van der Waals surface area contributed by atoms with Crippen molar-refractivity contribution in [2.75, 3.05) is 38.1 Å². The predicted molar refractivity (Wildman–Crippen MR) is 178 cm³/mol. The minimum absolute atomic E-state index is 0.0745. The molecule has 0 aliphatic rings. The summed E-state index contributed by atoms with van der Waals surface area (Å²) in [4.78, 5) is 28.7. The van der Waals surface area contributed by atoms with Gasteiger partial charge in [-0.25, -0.2) is 8.78 Å². The number of sulfonamides is 1. The van der Waals surface area contributed by atoms with Crippen molar-refractivity contribution in [2.45, 2.75) is 57.3 Å². The highest BCUT2D eigenvalue weighted by Gasteiger charge is 2.49. The number of aliphatic hydroxyl groups excluding tert-OH is 1. The number of alkyl halides is 3. The standard InChI is InChI=1S/C34H41F5N4O6S/c1-5-10-43(11-6-2)33(46)25-16-24(17-28(18-25)42(3)50(47,48)34(37,38)39)32(45)41-30(15-23-12-26(35)19-27(36)13-23)31(44)21-40-20-22-8-7-9-29(14-22)49-4/h7-9,12-14,16-19,30-31,40,44H,5-6,10-11,15,20-21H2,1-4H3,(H,41,45)/t30?,31-/m1/s1. The van der Waals surface area contributed by atoms with Crippen LogP contribution in [0.5, 0.6) is 5.75 Å². The largest absolute Gasteiger partial charge is 0.516 e. The van der Waals surface area contributed by atoms with E-state index in [1.807, 2.05) is 13.8 Å². The number of anilines is 1. The van der Waals surface area contributed by atoms with Crippen LogP contribution in [0.1, 0.15) is 58.5 Å². The van der Waals surface area contributed by atoms with Crippen LogP contribution in [0, 0.1) is 11.6 Å². The zero-order chi connectivity index (χ0) is 37.2. The fourth-order valence-electron chi connectivity index (χ4n) is 5.19. The second-order valence-corrected chi connectivity index (χ2v) is 13.6. The number of rotatable bonds is 17. The van der Waals surface area contributed by atoms with Gasteiger partial charge in [-0.15, -0.1) is 0 Å². The normalized spacial score (nSPS) is 13.0. The van der Waals surface area contributed by atoms with E-state index in [-0.39, 0.29) is 48.0 Å². The average Bonchev–Trinajstić information content (AvgIpc) is 3.06. The predicted octanol–water partition coefficient (Wildman–Crippen LogP) is 5.01. The molecule has 0 saturated carbocycles. The van der Waals surface area contributed by atoms with Gasteiger partial charge in [0.25, 0.3) is 11.8 Å². The van der Waals surface area contributed by atoms with Gasteiger partial charge in [-0.05, 0) is 72.9 Å². The maximum absolute atomic E-state index is 14.1. The molecule has 3 aromatic rings. The molecule has 3 rings (SSSR count). The Balaban J connectivity index is 2.01. The van der Waals surface area contributed by atoms with Crippen LogP contribution in [0.4, 0.5) is 27.6 Å². The van der Waals surface area contributed by atoms with Crippen molar-refractivity contribution in [1.82, 2.24) is 15.5 Å². The van der Waals surface area contributed by atoms with Crippen LogP contribution in [0.25, 0.3) is 0 Å². The lowest BCUT2D eigenvalue weighted by atomic mass is 9.99. The summed E-state index contributed by atoms with van der Waals surface area (Å²) in [7, 11) is -3.78. The smallest absolute Gasteiger partial charge is 0.497 e. The van der Waals surface area contributed by atoms with Crippen LogP contribution < -0.4 is 19.7 Å². The molecule has 0 aliphatic carbocycles. The molecule has 274 valence electrons. The van der Waals surface area contributed by atoms with Crippen LogP contribution in [-0.2, 0) is 23.0 Å². The third kappa shape index (κ3) is 10.6. The van der Waals surface area contributed by atoms with Crippen molar-refractivity contribution in [3.05, 3.63) is 94.6 Å². The molecule has 0 heterocycles. The summed E-state index contributed by atoms with van der Waals surface area (Å²) in [6, 6.07) is 11.5. The minimum Gasteiger partial charge on any atom is -0.497 e. The molecule has 3 aromatic carbocycles. The fourth-order valence-corrected chi connectivity index (χ4v) is 5.88. The molecular weight excluding hydrogens is 687 g/mol. The van der Waals surface area contributed by atoms with E-state index in [2.05, 4.69) is 10.6 Å². The van der Waals surface area contributed by atoms with Crippen LogP contribution in [0.15, 0.2) is 60.7 Å². The summed E-state index contributed by atoms with van der Waals surface area (Å²) in [5, 5.41) is 16.8. The van der Waals surface area contributed by atoms with Crippen LogP contribution in [0.2, 0.25) is 0 Å². The SMILES string of the molecule is CCCN(CCC)C(=O)c1cc(C(=O)NC(Cc2cc(F)cc(F)c2)[C@H](O)CNCc2cccc(OC)c2)cc(N(C)S(=O)(=O)C(F)(F)F)c1. The molecule has 0 bridgehead atoms. The number of nitrogens with one attached hydrogen (secondary N) is 2. The summed E-state index contributed by atoms with van der Waals surface area (Å²) < 4.78 is 98.4. The number of ether oxygens (including phenoxy) is 1. The van der Waals surface area contributed by atoms with E-state index in [1.165, 1.54) is 12.0 Å². The van der Waals surface area contributed by atoms with Crippen LogP contribution >= 0.6 is 0 Å². The van der Waals surface area contributed by atoms with E-state index in [0.717, 1.165) is 35.9 Å². The molecule has 2 atom stereocenters. The molecule has 50 heavy (non-hydrogen) atoms. The van der Waals surface area contributed by atoms with E-state index < -0.39 is 62.4 Å². The van der Waals surface area contributed by atoms with Gasteiger partial charge >= 0.3 is 15.5 Å². The second-order valence-electron chi connectivity index (χ2n) is 11.6. The minimum atomic E-state index is -5.93. The number of benzene rings is 3. The van der Waals surface area contributed by atoms with E-state index in [9.17, 15) is 45.1 Å². The zero-order valence-electron chi connectivity index (χ0n) is 28.1. The molecule has 0 aromatic heterocycles. The fraction of sp³-hybridized carbons (Fsp3) is 0.412. The molecule has 0 spiro atoms. The van der Waals surface area contributed by atoms with Gasteiger partial charge in [-0.2, -0.15) is 21.6 Å². The van der Waals surface area contributed by atoms with Crippen molar-refractivity contribution in [3.63, 3.8) is 0 Å². The Kier molecular flexibility index (Phi) is 14.1. The topological polar surface area (TPSA) is 128 Å². The molecule has 0 radical (unpaired) electrons. The van der Waals surface area contributed by atoms with Gasteiger partial charge in [-0.3, -0.25) is 13.9 Å². The highest BCUT2D eigenvalue weighted by Crippen LogP contribution is 2.31. The van der Waals surface area contributed by atoms with Crippen LogP contribution in [0.3, 0.4) is 0 Å². The molecular formula is C34H41F5N4O6S. The monoisotopic (exact) mass is 728 g/mol. The second kappa shape index (κ2) is 17.6. The number of aliphatic hydroxyl groups is 1. The van der Waals surface area contributed by atoms with E-state index in [4.69, 9.17) is 4.74 Å². The molecule has 0 fully saturated rings. The summed E-state index contributed by atoms with van der Waals surface area (Å²) in [5.41, 5.74) is -6.06. The first-order chi connectivity index (χ1) is 23.5. The Hall–Kier alpha value is -4.28. The third-order valence-electron chi connectivity index (χ3n) is 7.69. The Morgan fingerprint density at radius 2 is 1.54 bits per heavy atom. The zero-order valence-corrected chi connectivity index (χ0v) is 28.9. The van der Waals surface area contributed by atoms with Crippen molar-refractivity contribution >= 4 is 27.5 Å². The summed E-state index contributed by atoms with van der Waals surface area (Å²) in [5.74, 6) is -2.83. The van der Waals surface area contributed by atoms with Crippen molar-refractivity contribution in [1.29, 1.82) is 0 Å². The molecule has 0 aliphatic heterocycles. The maximum atomic E-state index is 14.1. The van der Waals surface area contributed by atoms with Gasteiger partial charge in [-0.1, -0.05) is 26.0 Å². The first kappa shape index (κ1) is 40.2. The number of hydrogen-bond donors (Lipinski definition) is 3. The van der Waals surface area contributed by atoms with Gasteiger partial charge < -0.3 is 25.4 Å². The summed E-state index contributed by atoms with van der Waals surface area (Å²) in [6.45, 7) is 4.35. The van der Waals surface area contributed by atoms with Gasteiger partial charge in [0.1, 0.15) is 17.4 Å². The summed E-state index contributed by atoms with van der Waals surface area (Å²) in [6.07, 6.45) is -0.560. The van der Waals surface area contributed by atoms with E-state index in [1.54, 1.807) is 24.3 Å². The Bertz CT molecular complexity index is 1710. The molecule has 2 amide bonds. The van der Waals surface area contributed by atoms with Gasteiger partial charge in [0, 0.05) is 50.4 Å². The molecule has 0 saturated heterocycles. The lowest BCUT2D eigenvalue weighted by Gasteiger charge is -2.26. The van der Waals surface area contributed by atoms with E-state index >= 15 is 0 Å². The van der Waals surface area contributed by atoms with Gasteiger partial charge in [0.05, 0.1) is 24.9 Å². The highest BCUT2D eigenvalue weighted by molar-refractivity contribution is 7.93. The maximum Gasteiger partial charge on any atom is 0.516 e. The quantitative estimate of drug-likeness (QED) is 0.167. The number of halogens is 5. The number of carbonyl (C=O) groups is 2. The number of methoxy groups -OCH3 is 1. The lowest BCUT2D eigenvalue weighted by Crippen LogP contribution is -2.48. The Morgan fingerprint density at radius 1 is 0.920 bits per heavy atom. The molecule has 10 nitrogen and oxygen atoms in total. The van der Waals surface area contributed by atoms with Crippen molar-refractivity contribution in [2.24, 2.45) is 0 Å². The summed E-state index contributed by atoms with van der Waals surface area (Å²) >= 11 is 0. The first-order valence-corrected chi connectivity index (χ1v) is 17.2. The number of amides is 2. The van der Waals surface area contributed by atoms with E-state index in [0.29, 0.717) is 31.7 Å². The van der Waals surface area contributed by atoms with Gasteiger partial charge in [0.15, 0.2) is 0 Å². The molecule has 16 heteroatoms. The Labute approximate surface area is 288 Å². The number of nitrogens with zero attached hydrogens (tertiary/aromatic N) is 2. The molecule has 3 N–H and O–H groups in total. The lowest BCUT2D eigenvalue weighted by molar-refractivity contribution is -0.0437. The molecule has 1 unspecified atom stereocenters. The van der Waals surface area contributed by atoms with Crippen molar-refractivity contribution < 1.29 is 49.8 Å². The number of hydrogen-bond acceptors (Lipinski definition) is 7. The van der Waals surface area contributed by atoms with Crippen molar-refractivity contribution in [3.8, 4) is 5.75 Å². The first-order valence-electron chi connectivity index (χ1n) is 15.8. The highest BCUT2D eigenvalue weighted by atomic mass is 32.2. The third-order valence-corrected chi connectivity index (χ3v) is 9.21. The average molecular weight is 729 g/mol. The Morgan fingerprint density at radius 3 is 2.12 bits per heavy atom. The van der Waals surface area contributed by atoms with Crippen LogP contribution in [-0.4, -0.2) is 81.7 Å².